The van der Waals surface area contributed by atoms with Crippen molar-refractivity contribution < 1.29 is 0 Å². The molecule has 0 radical (unpaired) electrons. The van der Waals surface area contributed by atoms with Crippen molar-refractivity contribution in [2.24, 2.45) is 0 Å². The first-order valence-corrected chi connectivity index (χ1v) is 12.6. The lowest BCUT2D eigenvalue weighted by molar-refractivity contribution is 0.549. The minimum Gasteiger partial charge on any atom is -0.378 e. The number of hydrogen-bond acceptors (Lipinski definition) is 5. The summed E-state index contributed by atoms with van der Waals surface area (Å²) in [4.78, 5) is 13.9. The Hall–Kier alpha value is -3.75. The van der Waals surface area contributed by atoms with Crippen LogP contribution < -0.4 is 15.1 Å². The van der Waals surface area contributed by atoms with Gasteiger partial charge < -0.3 is 15.1 Å². The molecule has 6 nitrogen and oxygen atoms in total. The first kappa shape index (κ1) is 21.8. The van der Waals surface area contributed by atoms with Gasteiger partial charge in [-0.1, -0.05) is 29.5 Å². The van der Waals surface area contributed by atoms with Crippen molar-refractivity contribution in [2.75, 3.05) is 23.9 Å². The minimum atomic E-state index is -0.111. The summed E-state index contributed by atoms with van der Waals surface area (Å²) >= 11 is 7.59. The van der Waals surface area contributed by atoms with Gasteiger partial charge in [-0.2, -0.15) is 0 Å². The zero-order valence-electron chi connectivity index (χ0n) is 19.4. The van der Waals surface area contributed by atoms with Gasteiger partial charge in [0.25, 0.3) is 0 Å². The third-order valence-corrected chi connectivity index (χ3v) is 7.66. The van der Waals surface area contributed by atoms with Crippen LogP contribution in [0.4, 0.5) is 11.4 Å². The molecule has 2 aromatic carbocycles. The van der Waals surface area contributed by atoms with Crippen LogP contribution in [0.2, 0.25) is 0 Å². The topological polar surface area (TPSA) is 49.2 Å². The molecular formula is C27H24N6S2. The second kappa shape index (κ2) is 8.79. The number of fused-ring (bicyclic) bond motifs is 1. The van der Waals surface area contributed by atoms with Crippen molar-refractivity contribution in [1.29, 1.82) is 0 Å². The smallest absolute Gasteiger partial charge is 0.194 e. The molecule has 0 aliphatic carbocycles. The van der Waals surface area contributed by atoms with E-state index < -0.39 is 0 Å². The molecule has 1 fully saturated rings. The molecule has 174 valence electrons. The van der Waals surface area contributed by atoms with Crippen molar-refractivity contribution in [1.82, 2.24) is 19.9 Å². The lowest BCUT2D eigenvalue weighted by atomic mass is 10.0. The monoisotopic (exact) mass is 496 g/mol. The summed E-state index contributed by atoms with van der Waals surface area (Å²) in [6, 6.07) is 26.8. The van der Waals surface area contributed by atoms with Crippen molar-refractivity contribution in [3.05, 3.63) is 103 Å². The molecule has 0 spiro atoms. The van der Waals surface area contributed by atoms with E-state index >= 15 is 0 Å². The van der Waals surface area contributed by atoms with E-state index in [0.717, 1.165) is 33.4 Å². The second-order valence-corrected chi connectivity index (χ2v) is 10.1. The number of benzene rings is 2. The van der Waals surface area contributed by atoms with Crippen LogP contribution in [0.25, 0.3) is 15.3 Å². The van der Waals surface area contributed by atoms with Gasteiger partial charge in [-0.3, -0.25) is 9.55 Å². The maximum Gasteiger partial charge on any atom is 0.194 e. The molecule has 2 atom stereocenters. The number of thiocarbonyl (C=S) groups is 1. The van der Waals surface area contributed by atoms with Crippen LogP contribution in [-0.4, -0.2) is 33.7 Å². The number of pyridine rings is 1. The molecular weight excluding hydrogens is 472 g/mol. The summed E-state index contributed by atoms with van der Waals surface area (Å²) < 4.78 is 3.35. The Labute approximate surface area is 213 Å². The van der Waals surface area contributed by atoms with Crippen LogP contribution >= 0.6 is 23.6 Å². The predicted molar refractivity (Wildman–Crippen MR) is 148 cm³/mol. The molecule has 35 heavy (non-hydrogen) atoms. The molecule has 2 unspecified atom stereocenters. The number of nitrogens with zero attached hydrogens (tertiary/aromatic N) is 5. The predicted octanol–water partition coefficient (Wildman–Crippen LogP) is 5.73. The van der Waals surface area contributed by atoms with Crippen molar-refractivity contribution in [3.8, 4) is 5.13 Å². The van der Waals surface area contributed by atoms with Crippen LogP contribution in [0.5, 0.6) is 0 Å². The molecule has 0 saturated carbocycles. The molecule has 0 amide bonds. The molecule has 1 aliphatic rings. The third-order valence-electron chi connectivity index (χ3n) is 6.31. The van der Waals surface area contributed by atoms with Gasteiger partial charge in [-0.25, -0.2) is 4.98 Å². The molecule has 1 aliphatic heterocycles. The number of rotatable bonds is 5. The number of para-hydroxylation sites is 1. The van der Waals surface area contributed by atoms with E-state index in [4.69, 9.17) is 17.2 Å². The van der Waals surface area contributed by atoms with E-state index in [1.54, 1.807) is 11.3 Å². The first-order chi connectivity index (χ1) is 17.1. The normalized spacial score (nSPS) is 17.7. The Kier molecular flexibility index (Phi) is 5.47. The van der Waals surface area contributed by atoms with Crippen LogP contribution in [-0.2, 0) is 0 Å². The summed E-state index contributed by atoms with van der Waals surface area (Å²) in [6.07, 6.45) is 3.91. The number of hydrogen-bond donors (Lipinski definition) is 1. The van der Waals surface area contributed by atoms with Crippen LogP contribution in [0.3, 0.4) is 0 Å². The molecule has 1 N–H and O–H groups in total. The number of thiazole rings is 1. The summed E-state index contributed by atoms with van der Waals surface area (Å²) in [7, 11) is 4.09. The van der Waals surface area contributed by atoms with Crippen molar-refractivity contribution >= 4 is 50.3 Å². The maximum absolute atomic E-state index is 5.90. The number of aromatic nitrogens is 3. The van der Waals surface area contributed by atoms with Crippen molar-refractivity contribution in [3.63, 3.8) is 0 Å². The van der Waals surface area contributed by atoms with E-state index in [2.05, 4.69) is 91.5 Å². The highest BCUT2D eigenvalue weighted by Crippen LogP contribution is 2.43. The highest BCUT2D eigenvalue weighted by atomic mass is 32.1. The van der Waals surface area contributed by atoms with E-state index in [1.165, 1.54) is 4.70 Å². The van der Waals surface area contributed by atoms with Crippen LogP contribution in [0, 0.1) is 0 Å². The number of anilines is 2. The highest BCUT2D eigenvalue weighted by Gasteiger charge is 2.42. The fourth-order valence-corrected chi connectivity index (χ4v) is 5.93. The lowest BCUT2D eigenvalue weighted by Gasteiger charge is -2.29. The van der Waals surface area contributed by atoms with Gasteiger partial charge in [-0.15, -0.1) is 0 Å². The van der Waals surface area contributed by atoms with Crippen LogP contribution in [0.1, 0.15) is 23.5 Å². The SMILES string of the molecule is CN(C)c1ccc(N2C(=S)NC(c3ccccn3)C2c2cccn2-c2nc3ccccc3s2)cc1. The average molecular weight is 497 g/mol. The van der Waals surface area contributed by atoms with E-state index in [1.807, 2.05) is 38.5 Å². The Morgan fingerprint density at radius 2 is 1.74 bits per heavy atom. The van der Waals surface area contributed by atoms with Gasteiger partial charge in [0.05, 0.1) is 27.6 Å². The fraction of sp³-hybridized carbons (Fsp3) is 0.148. The minimum absolute atomic E-state index is 0.107. The third kappa shape index (κ3) is 3.84. The van der Waals surface area contributed by atoms with Gasteiger partial charge >= 0.3 is 0 Å². The molecule has 3 aromatic heterocycles. The number of nitrogens with one attached hydrogen (secondary N) is 1. The fourth-order valence-electron chi connectivity index (χ4n) is 4.62. The summed E-state index contributed by atoms with van der Waals surface area (Å²) in [5.41, 5.74) is 5.23. The maximum atomic E-state index is 5.90. The van der Waals surface area contributed by atoms with E-state index in [9.17, 15) is 0 Å². The largest absolute Gasteiger partial charge is 0.378 e. The molecule has 8 heteroatoms. The lowest BCUT2D eigenvalue weighted by Crippen LogP contribution is -2.30. The Bertz CT molecular complexity index is 1460. The molecule has 0 bridgehead atoms. The second-order valence-electron chi connectivity index (χ2n) is 8.67. The first-order valence-electron chi connectivity index (χ1n) is 11.4. The van der Waals surface area contributed by atoms with E-state index in [-0.39, 0.29) is 12.1 Å². The van der Waals surface area contributed by atoms with Crippen molar-refractivity contribution in [2.45, 2.75) is 12.1 Å². The molecule has 4 heterocycles. The van der Waals surface area contributed by atoms with Gasteiger partial charge in [0.1, 0.15) is 6.04 Å². The van der Waals surface area contributed by atoms with E-state index in [0.29, 0.717) is 5.11 Å². The summed E-state index contributed by atoms with van der Waals surface area (Å²) in [6.45, 7) is 0. The Balaban J connectivity index is 1.49. The van der Waals surface area contributed by atoms with Crippen LogP contribution in [0.15, 0.2) is 91.3 Å². The van der Waals surface area contributed by atoms with Gasteiger partial charge in [0.15, 0.2) is 10.2 Å². The van der Waals surface area contributed by atoms with Gasteiger partial charge in [0, 0.05) is 37.9 Å². The quantitative estimate of drug-likeness (QED) is 0.314. The molecule has 6 rings (SSSR count). The molecule has 1 saturated heterocycles. The molecule has 5 aromatic rings. The standard InChI is InChI=1S/C27H24N6S2/c1-31(2)18-12-14-19(15-13-18)33-25(24(30-26(33)34)21-9-5-6-16-28-21)22-10-7-17-32(22)27-29-20-8-3-4-11-23(20)35-27/h3-17,24-25H,1-2H3,(H,30,34). The van der Waals surface area contributed by atoms with Gasteiger partial charge in [-0.05, 0) is 72.9 Å². The average Bonchev–Trinajstić information content (AvgIpc) is 3.60. The summed E-state index contributed by atoms with van der Waals surface area (Å²) in [5, 5.41) is 5.17. The zero-order chi connectivity index (χ0) is 23.9. The Morgan fingerprint density at radius 3 is 2.49 bits per heavy atom. The zero-order valence-corrected chi connectivity index (χ0v) is 21.0. The summed E-state index contributed by atoms with van der Waals surface area (Å²) in [5.74, 6) is 0. The highest BCUT2D eigenvalue weighted by molar-refractivity contribution is 7.80. The Morgan fingerprint density at radius 1 is 0.943 bits per heavy atom. The van der Waals surface area contributed by atoms with Gasteiger partial charge in [0.2, 0.25) is 0 Å².